The van der Waals surface area contributed by atoms with E-state index in [0.717, 1.165) is 17.8 Å². The van der Waals surface area contributed by atoms with E-state index in [-0.39, 0.29) is 18.6 Å². The number of benzene rings is 1. The number of carboxylic acid groups (broad SMARTS) is 1. The maximum absolute atomic E-state index is 13.0. The highest BCUT2D eigenvalue weighted by atomic mass is 32.1. The molecule has 1 fully saturated rings. The van der Waals surface area contributed by atoms with E-state index >= 15 is 0 Å². The van der Waals surface area contributed by atoms with Gasteiger partial charge in [-0.1, -0.05) is 12.1 Å². The van der Waals surface area contributed by atoms with E-state index in [1.807, 2.05) is 0 Å². The Balaban J connectivity index is 1.63. The van der Waals surface area contributed by atoms with Gasteiger partial charge in [-0.3, -0.25) is 9.59 Å². The van der Waals surface area contributed by atoms with Crippen LogP contribution in [-0.4, -0.2) is 35.1 Å². The fraction of sp³-hybridized carbons (Fsp3) is 0.353. The minimum Gasteiger partial charge on any atom is -0.481 e. The van der Waals surface area contributed by atoms with Crippen molar-refractivity contribution in [3.8, 4) is 0 Å². The monoisotopic (exact) mass is 364 g/mol. The van der Waals surface area contributed by atoms with E-state index in [4.69, 9.17) is 4.74 Å². The lowest BCUT2D eigenvalue weighted by molar-refractivity contribution is -0.138. The fourth-order valence-electron chi connectivity index (χ4n) is 2.64. The van der Waals surface area contributed by atoms with Crippen LogP contribution in [0.2, 0.25) is 0 Å². The molecule has 1 amide bonds. The molecule has 0 bridgehead atoms. The molecule has 2 N–H and O–H groups in total. The quantitative estimate of drug-likeness (QED) is 0.823. The molecule has 0 aliphatic carbocycles. The van der Waals surface area contributed by atoms with Crippen molar-refractivity contribution in [1.29, 1.82) is 0 Å². The maximum Gasteiger partial charge on any atom is 0.312 e. The Morgan fingerprint density at radius 3 is 2.80 bits per heavy atom. The van der Waals surface area contributed by atoms with Crippen LogP contribution in [-0.2, 0) is 9.53 Å². The number of rotatable bonds is 6. The third kappa shape index (κ3) is 4.21. The number of carboxylic acids is 1. The second kappa shape index (κ2) is 7.71. The summed E-state index contributed by atoms with van der Waals surface area (Å²) >= 11 is 1.25. The second-order valence-electron chi connectivity index (χ2n) is 5.72. The summed E-state index contributed by atoms with van der Waals surface area (Å²) in [6, 6.07) is 5.21. The summed E-state index contributed by atoms with van der Waals surface area (Å²) in [6.45, 7) is 0.608. The molecule has 1 aromatic carbocycles. The van der Waals surface area contributed by atoms with Crippen LogP contribution in [0.4, 0.5) is 4.39 Å². The number of ether oxygens (including phenoxy) is 1. The summed E-state index contributed by atoms with van der Waals surface area (Å²) < 4.78 is 18.5. The van der Waals surface area contributed by atoms with Crippen molar-refractivity contribution in [2.45, 2.75) is 24.9 Å². The van der Waals surface area contributed by atoms with E-state index in [0.29, 0.717) is 17.0 Å². The Morgan fingerprint density at radius 1 is 1.40 bits per heavy atom. The minimum atomic E-state index is -1.09. The molecule has 0 saturated carbocycles. The average Bonchev–Trinajstić information content (AvgIpc) is 3.27. The number of carbonyl (C=O) groups is 2. The molecule has 132 valence electrons. The first kappa shape index (κ1) is 17.5. The van der Waals surface area contributed by atoms with Crippen molar-refractivity contribution in [1.82, 2.24) is 10.3 Å². The second-order valence-corrected chi connectivity index (χ2v) is 6.78. The van der Waals surface area contributed by atoms with E-state index in [9.17, 15) is 19.1 Å². The number of carbonyl (C=O) groups excluding carboxylic acids is 1. The van der Waals surface area contributed by atoms with Gasteiger partial charge in [0.2, 0.25) is 0 Å². The molecule has 1 saturated heterocycles. The first-order valence-corrected chi connectivity index (χ1v) is 8.70. The number of halogens is 1. The number of aromatic nitrogens is 1. The van der Waals surface area contributed by atoms with Crippen LogP contribution >= 0.6 is 11.3 Å². The smallest absolute Gasteiger partial charge is 0.312 e. The topological polar surface area (TPSA) is 88.5 Å². The van der Waals surface area contributed by atoms with Gasteiger partial charge in [0, 0.05) is 13.2 Å². The van der Waals surface area contributed by atoms with Crippen molar-refractivity contribution in [3.63, 3.8) is 0 Å². The first-order chi connectivity index (χ1) is 12.0. The third-order valence-electron chi connectivity index (χ3n) is 3.99. The molecule has 1 aliphatic heterocycles. The maximum atomic E-state index is 13.0. The van der Waals surface area contributed by atoms with E-state index in [2.05, 4.69) is 10.3 Å². The zero-order valence-corrected chi connectivity index (χ0v) is 14.1. The molecule has 2 aromatic rings. The highest BCUT2D eigenvalue weighted by Gasteiger charge is 2.24. The Kier molecular flexibility index (Phi) is 5.40. The summed E-state index contributed by atoms with van der Waals surface area (Å²) in [5.74, 6) is -2.86. The van der Waals surface area contributed by atoms with Crippen LogP contribution in [0.1, 0.15) is 45.1 Å². The van der Waals surface area contributed by atoms with Crippen LogP contribution < -0.4 is 5.32 Å². The van der Waals surface area contributed by atoms with Gasteiger partial charge in [-0.15, -0.1) is 11.3 Å². The zero-order chi connectivity index (χ0) is 17.8. The molecule has 6 nitrogen and oxygen atoms in total. The molecular weight excluding hydrogens is 347 g/mol. The Labute approximate surface area is 147 Å². The minimum absolute atomic E-state index is 0.0578. The number of hydrogen-bond donors (Lipinski definition) is 2. The Bertz CT molecular complexity index is 756. The predicted molar refractivity (Wildman–Crippen MR) is 89.2 cm³/mol. The van der Waals surface area contributed by atoms with Gasteiger partial charge in [0.05, 0.1) is 12.1 Å². The molecule has 8 heteroatoms. The van der Waals surface area contributed by atoms with Crippen molar-refractivity contribution < 1.29 is 23.8 Å². The Hall–Kier alpha value is -2.32. The van der Waals surface area contributed by atoms with E-state index < -0.39 is 17.7 Å². The van der Waals surface area contributed by atoms with Gasteiger partial charge in [0.25, 0.3) is 5.91 Å². The molecule has 2 unspecified atom stereocenters. The molecule has 25 heavy (non-hydrogen) atoms. The van der Waals surface area contributed by atoms with Crippen molar-refractivity contribution in [3.05, 3.63) is 51.7 Å². The summed E-state index contributed by atoms with van der Waals surface area (Å²) in [6.07, 6.45) is 3.28. The van der Waals surface area contributed by atoms with Crippen molar-refractivity contribution >= 4 is 23.2 Å². The zero-order valence-electron chi connectivity index (χ0n) is 13.3. The fourth-order valence-corrected chi connectivity index (χ4v) is 3.56. The van der Waals surface area contributed by atoms with Gasteiger partial charge in [-0.2, -0.15) is 0 Å². The van der Waals surface area contributed by atoms with Crippen LogP contribution in [0, 0.1) is 5.82 Å². The number of thiazole rings is 1. The van der Waals surface area contributed by atoms with Crippen LogP contribution in [0.5, 0.6) is 0 Å². The summed E-state index contributed by atoms with van der Waals surface area (Å²) in [5, 5.41) is 12.7. The molecule has 0 radical (unpaired) electrons. The summed E-state index contributed by atoms with van der Waals surface area (Å²) in [7, 11) is 0. The van der Waals surface area contributed by atoms with Gasteiger partial charge < -0.3 is 15.2 Å². The molecule has 1 aliphatic rings. The van der Waals surface area contributed by atoms with Crippen LogP contribution in [0.25, 0.3) is 0 Å². The molecular formula is C17H17FN2O4S. The lowest BCUT2D eigenvalue weighted by atomic mass is 9.99. The van der Waals surface area contributed by atoms with Gasteiger partial charge in [-0.25, -0.2) is 9.37 Å². The van der Waals surface area contributed by atoms with Gasteiger partial charge in [0.1, 0.15) is 21.8 Å². The molecule has 2 atom stereocenters. The molecule has 3 rings (SSSR count). The highest BCUT2D eigenvalue weighted by Crippen LogP contribution is 2.31. The Morgan fingerprint density at radius 2 is 2.16 bits per heavy atom. The number of nitrogens with one attached hydrogen (secondary N) is 1. The summed E-state index contributed by atoms with van der Waals surface area (Å²) in [5.41, 5.74) is 0.429. The lowest BCUT2D eigenvalue weighted by Crippen LogP contribution is -2.31. The SMILES string of the molecule is O=C(NCC(C(=O)O)c1ccc(F)cc1)c1cnc(C2CCCO2)s1. The standard InChI is InChI=1S/C17H17FN2O4S/c18-11-5-3-10(4-6-11)12(17(22)23)8-19-15(21)14-9-20-16(25-14)13-2-1-7-24-13/h3-6,9,12-13H,1-2,7-8H2,(H,19,21)(H,22,23). The predicted octanol–water partition coefficient (Wildman–Crippen LogP) is 2.73. The molecule has 2 heterocycles. The summed E-state index contributed by atoms with van der Waals surface area (Å²) in [4.78, 5) is 28.3. The first-order valence-electron chi connectivity index (χ1n) is 7.88. The number of aliphatic carboxylic acids is 1. The highest BCUT2D eigenvalue weighted by molar-refractivity contribution is 7.13. The van der Waals surface area contributed by atoms with Gasteiger partial charge >= 0.3 is 5.97 Å². The van der Waals surface area contributed by atoms with E-state index in [1.165, 1.54) is 41.8 Å². The van der Waals surface area contributed by atoms with Crippen LogP contribution in [0.15, 0.2) is 30.5 Å². The molecule has 0 spiro atoms. The van der Waals surface area contributed by atoms with Crippen molar-refractivity contribution in [2.75, 3.05) is 13.2 Å². The average molecular weight is 364 g/mol. The normalized spacial score (nSPS) is 18.0. The van der Waals surface area contributed by atoms with Crippen molar-refractivity contribution in [2.24, 2.45) is 0 Å². The lowest BCUT2D eigenvalue weighted by Gasteiger charge is -2.13. The number of nitrogens with zero attached hydrogens (tertiary/aromatic N) is 1. The van der Waals surface area contributed by atoms with Gasteiger partial charge in [0.15, 0.2) is 0 Å². The van der Waals surface area contributed by atoms with E-state index in [1.54, 1.807) is 0 Å². The van der Waals surface area contributed by atoms with Crippen LogP contribution in [0.3, 0.4) is 0 Å². The largest absolute Gasteiger partial charge is 0.481 e. The third-order valence-corrected chi connectivity index (χ3v) is 5.08. The number of amides is 1. The van der Waals surface area contributed by atoms with Gasteiger partial charge in [-0.05, 0) is 30.5 Å². The molecule has 1 aromatic heterocycles. The number of hydrogen-bond acceptors (Lipinski definition) is 5.